The van der Waals surface area contributed by atoms with Crippen LogP contribution in [0.25, 0.3) is 11.1 Å². The van der Waals surface area contributed by atoms with Crippen molar-refractivity contribution in [3.05, 3.63) is 84.2 Å². The molecule has 0 saturated heterocycles. The van der Waals surface area contributed by atoms with Crippen LogP contribution in [0.2, 0.25) is 0 Å². The van der Waals surface area contributed by atoms with Crippen LogP contribution in [-0.4, -0.2) is 18.1 Å². The number of methoxy groups -OCH3 is 1. The van der Waals surface area contributed by atoms with Crippen LogP contribution in [0.3, 0.4) is 0 Å². The summed E-state index contributed by atoms with van der Waals surface area (Å²) in [6.45, 7) is 0.537. The van der Waals surface area contributed by atoms with E-state index in [1.807, 2.05) is 60.7 Å². The van der Waals surface area contributed by atoms with Crippen molar-refractivity contribution in [3.8, 4) is 16.9 Å². The summed E-state index contributed by atoms with van der Waals surface area (Å²) in [6, 6.07) is 21.3. The summed E-state index contributed by atoms with van der Waals surface area (Å²) < 4.78 is 10.4. The van der Waals surface area contributed by atoms with Crippen molar-refractivity contribution in [2.75, 3.05) is 7.11 Å². The van der Waals surface area contributed by atoms with Crippen molar-refractivity contribution in [2.24, 2.45) is 0 Å². The van der Waals surface area contributed by atoms with E-state index in [2.05, 4.69) is 9.72 Å². The van der Waals surface area contributed by atoms with Gasteiger partial charge >= 0.3 is 5.97 Å². The van der Waals surface area contributed by atoms with Gasteiger partial charge < -0.3 is 9.47 Å². The van der Waals surface area contributed by atoms with Gasteiger partial charge in [-0.25, -0.2) is 9.78 Å². The molecule has 4 nitrogen and oxygen atoms in total. The van der Waals surface area contributed by atoms with E-state index in [0.717, 1.165) is 22.4 Å². The van der Waals surface area contributed by atoms with Gasteiger partial charge in [0.2, 0.25) is 0 Å². The zero-order valence-electron chi connectivity index (χ0n) is 13.3. The molecule has 3 rings (SSSR count). The zero-order chi connectivity index (χ0) is 16.8. The highest BCUT2D eigenvalue weighted by atomic mass is 16.5. The summed E-state index contributed by atoms with van der Waals surface area (Å²) >= 11 is 0. The third kappa shape index (κ3) is 3.79. The molecule has 0 radical (unpaired) electrons. The Morgan fingerprint density at radius 3 is 2.25 bits per heavy atom. The maximum atomic E-state index is 11.4. The Morgan fingerprint density at radius 1 is 0.917 bits per heavy atom. The number of carbonyl (C=O) groups excluding carboxylic acids is 1. The first-order chi connectivity index (χ1) is 11.8. The first kappa shape index (κ1) is 15.7. The molecule has 0 bridgehead atoms. The van der Waals surface area contributed by atoms with Crippen molar-refractivity contribution in [1.29, 1.82) is 0 Å². The molecule has 0 saturated carbocycles. The Hall–Kier alpha value is -3.14. The number of ether oxygens (including phenoxy) is 2. The van der Waals surface area contributed by atoms with Crippen molar-refractivity contribution in [2.45, 2.75) is 6.61 Å². The Balaban J connectivity index is 1.67. The number of rotatable bonds is 5. The molecule has 0 aliphatic carbocycles. The Kier molecular flexibility index (Phi) is 4.87. The summed E-state index contributed by atoms with van der Waals surface area (Å²) in [5.41, 5.74) is 3.36. The third-order valence-electron chi connectivity index (χ3n) is 3.59. The van der Waals surface area contributed by atoms with E-state index < -0.39 is 5.97 Å². The second kappa shape index (κ2) is 7.42. The minimum Gasteiger partial charge on any atom is -0.489 e. The van der Waals surface area contributed by atoms with E-state index in [9.17, 15) is 4.79 Å². The number of aromatic nitrogens is 1. The van der Waals surface area contributed by atoms with Crippen LogP contribution in [0, 0.1) is 0 Å². The number of esters is 1. The number of nitrogens with zero attached hydrogens (tertiary/aromatic N) is 1. The average molecular weight is 319 g/mol. The SMILES string of the molecule is COC(=O)c1ccc(-c2ccc(OCc3ccccc3)cc2)cn1. The quantitative estimate of drug-likeness (QED) is 0.664. The summed E-state index contributed by atoms with van der Waals surface area (Å²) in [7, 11) is 1.34. The van der Waals surface area contributed by atoms with E-state index in [1.54, 1.807) is 12.3 Å². The van der Waals surface area contributed by atoms with Gasteiger partial charge in [0.15, 0.2) is 0 Å². The summed E-state index contributed by atoms with van der Waals surface area (Å²) in [4.78, 5) is 15.5. The Bertz CT molecular complexity index is 797. The molecule has 0 atom stereocenters. The predicted molar refractivity (Wildman–Crippen MR) is 91.8 cm³/mol. The molecule has 0 N–H and O–H groups in total. The minimum atomic E-state index is -0.439. The molecule has 0 aliphatic rings. The lowest BCUT2D eigenvalue weighted by Gasteiger charge is -2.08. The molecule has 0 spiro atoms. The van der Waals surface area contributed by atoms with Crippen LogP contribution >= 0.6 is 0 Å². The van der Waals surface area contributed by atoms with Gasteiger partial charge in [-0.2, -0.15) is 0 Å². The topological polar surface area (TPSA) is 48.4 Å². The highest BCUT2D eigenvalue weighted by molar-refractivity contribution is 5.87. The summed E-state index contributed by atoms with van der Waals surface area (Å²) in [5, 5.41) is 0. The monoisotopic (exact) mass is 319 g/mol. The lowest BCUT2D eigenvalue weighted by Crippen LogP contribution is -2.03. The Labute approximate surface area is 140 Å². The fourth-order valence-corrected chi connectivity index (χ4v) is 2.27. The van der Waals surface area contributed by atoms with Gasteiger partial charge in [0.05, 0.1) is 7.11 Å². The molecular formula is C20H17NO3. The van der Waals surface area contributed by atoms with Crippen LogP contribution in [-0.2, 0) is 11.3 Å². The molecule has 24 heavy (non-hydrogen) atoms. The molecule has 0 amide bonds. The van der Waals surface area contributed by atoms with Gasteiger partial charge in [0.25, 0.3) is 0 Å². The normalized spacial score (nSPS) is 10.2. The molecule has 120 valence electrons. The van der Waals surface area contributed by atoms with E-state index in [4.69, 9.17) is 4.74 Å². The lowest BCUT2D eigenvalue weighted by atomic mass is 10.1. The standard InChI is InChI=1S/C20H17NO3/c1-23-20(22)19-12-9-17(13-21-19)16-7-10-18(11-8-16)24-14-15-5-3-2-4-6-15/h2-13H,14H2,1H3. The molecule has 0 fully saturated rings. The van der Waals surface area contributed by atoms with Crippen molar-refractivity contribution in [1.82, 2.24) is 4.98 Å². The van der Waals surface area contributed by atoms with Gasteiger partial charge in [0.1, 0.15) is 18.1 Å². The van der Waals surface area contributed by atoms with E-state index >= 15 is 0 Å². The van der Waals surface area contributed by atoms with Gasteiger partial charge in [-0.3, -0.25) is 0 Å². The second-order valence-electron chi connectivity index (χ2n) is 5.22. The van der Waals surface area contributed by atoms with E-state index in [-0.39, 0.29) is 0 Å². The zero-order valence-corrected chi connectivity index (χ0v) is 13.3. The van der Waals surface area contributed by atoms with Crippen molar-refractivity contribution >= 4 is 5.97 Å². The van der Waals surface area contributed by atoms with Gasteiger partial charge in [-0.05, 0) is 29.3 Å². The highest BCUT2D eigenvalue weighted by Crippen LogP contribution is 2.22. The third-order valence-corrected chi connectivity index (χ3v) is 3.59. The molecule has 1 aromatic heterocycles. The van der Waals surface area contributed by atoms with E-state index in [1.165, 1.54) is 7.11 Å². The van der Waals surface area contributed by atoms with Crippen LogP contribution < -0.4 is 4.74 Å². The maximum absolute atomic E-state index is 11.4. The molecular weight excluding hydrogens is 302 g/mol. The van der Waals surface area contributed by atoms with Gasteiger partial charge in [-0.1, -0.05) is 48.5 Å². The highest BCUT2D eigenvalue weighted by Gasteiger charge is 2.07. The summed E-state index contributed by atoms with van der Waals surface area (Å²) in [6.07, 6.45) is 1.66. The van der Waals surface area contributed by atoms with Gasteiger partial charge in [-0.15, -0.1) is 0 Å². The van der Waals surface area contributed by atoms with Crippen LogP contribution in [0.5, 0.6) is 5.75 Å². The lowest BCUT2D eigenvalue weighted by molar-refractivity contribution is 0.0594. The van der Waals surface area contributed by atoms with Crippen molar-refractivity contribution in [3.63, 3.8) is 0 Å². The summed E-state index contributed by atoms with van der Waals surface area (Å²) in [5.74, 6) is 0.368. The Morgan fingerprint density at radius 2 is 1.62 bits per heavy atom. The molecule has 3 aromatic rings. The fraction of sp³-hybridized carbons (Fsp3) is 0.100. The maximum Gasteiger partial charge on any atom is 0.356 e. The molecule has 0 unspecified atom stereocenters. The average Bonchev–Trinajstić information content (AvgIpc) is 2.67. The van der Waals surface area contributed by atoms with Crippen LogP contribution in [0.4, 0.5) is 0 Å². The number of hydrogen-bond donors (Lipinski definition) is 0. The molecule has 0 aliphatic heterocycles. The van der Waals surface area contributed by atoms with Crippen LogP contribution in [0.15, 0.2) is 72.9 Å². The van der Waals surface area contributed by atoms with Crippen molar-refractivity contribution < 1.29 is 14.3 Å². The fourth-order valence-electron chi connectivity index (χ4n) is 2.27. The minimum absolute atomic E-state index is 0.295. The molecule has 4 heteroatoms. The largest absolute Gasteiger partial charge is 0.489 e. The van der Waals surface area contributed by atoms with E-state index in [0.29, 0.717) is 12.3 Å². The number of hydrogen-bond acceptors (Lipinski definition) is 4. The molecule has 1 heterocycles. The first-order valence-corrected chi connectivity index (χ1v) is 7.58. The number of benzene rings is 2. The first-order valence-electron chi connectivity index (χ1n) is 7.58. The number of pyridine rings is 1. The molecule has 2 aromatic carbocycles. The number of carbonyl (C=O) groups is 1. The smallest absolute Gasteiger partial charge is 0.356 e. The van der Waals surface area contributed by atoms with Crippen LogP contribution in [0.1, 0.15) is 16.1 Å². The van der Waals surface area contributed by atoms with Gasteiger partial charge in [0, 0.05) is 11.8 Å². The second-order valence-corrected chi connectivity index (χ2v) is 5.22. The predicted octanol–water partition coefficient (Wildman–Crippen LogP) is 4.11.